The van der Waals surface area contributed by atoms with Gasteiger partial charge in [-0.05, 0) is 83.0 Å². The van der Waals surface area contributed by atoms with E-state index in [1.807, 2.05) is 0 Å². The molecule has 2 nitrogen and oxygen atoms in total. The number of hydrogen-bond donors (Lipinski definition) is 0. The van der Waals surface area contributed by atoms with Crippen LogP contribution in [-0.2, 0) is 0 Å². The van der Waals surface area contributed by atoms with Crippen LogP contribution < -0.4 is 0 Å². The van der Waals surface area contributed by atoms with Crippen molar-refractivity contribution in [1.82, 2.24) is 9.80 Å². The molecule has 2 heteroatoms. The Balaban J connectivity index is 1.51. The van der Waals surface area contributed by atoms with Gasteiger partial charge in [-0.15, -0.1) is 0 Å². The summed E-state index contributed by atoms with van der Waals surface area (Å²) in [5.41, 5.74) is 0. The first kappa shape index (κ1) is 12.0. The largest absolute Gasteiger partial charge is 0.309 e. The van der Waals surface area contributed by atoms with Crippen molar-refractivity contribution >= 4 is 0 Å². The van der Waals surface area contributed by atoms with E-state index in [4.69, 9.17) is 0 Å². The van der Waals surface area contributed by atoms with Gasteiger partial charge in [0.1, 0.15) is 0 Å². The van der Waals surface area contributed by atoms with Crippen LogP contribution in [0.2, 0.25) is 0 Å². The second-order valence-electron chi connectivity index (χ2n) is 6.92. The molecule has 2 atom stereocenters. The molecule has 3 aliphatic carbocycles. The Morgan fingerprint density at radius 2 is 1.47 bits per heavy atom. The van der Waals surface area contributed by atoms with Gasteiger partial charge in [0.2, 0.25) is 0 Å². The SMILES string of the molecule is CN(C)CCCN1C[C@@H]2C3CCC(CC3)[C@H]2C1. The first-order chi connectivity index (χ1) is 8.24. The van der Waals surface area contributed by atoms with E-state index in [1.165, 1.54) is 32.6 Å². The standard InChI is InChI=1S/C15H28N2/c1-16(2)8-3-9-17-10-14-12-4-5-13(7-6-12)15(14)11-17/h12-15H,3-11H2,1-2H3/t12?,13?,14-,15-/m1/s1. The maximum atomic E-state index is 2.77. The zero-order chi connectivity index (χ0) is 11.8. The summed E-state index contributed by atoms with van der Waals surface area (Å²) >= 11 is 0. The summed E-state index contributed by atoms with van der Waals surface area (Å²) < 4.78 is 0. The van der Waals surface area contributed by atoms with E-state index in [2.05, 4.69) is 23.9 Å². The highest BCUT2D eigenvalue weighted by atomic mass is 15.2. The summed E-state index contributed by atoms with van der Waals surface area (Å²) in [4.78, 5) is 5.09. The van der Waals surface area contributed by atoms with Gasteiger partial charge < -0.3 is 9.80 Å². The normalized spacial score (nSPS) is 41.1. The predicted molar refractivity (Wildman–Crippen MR) is 72.0 cm³/mol. The van der Waals surface area contributed by atoms with E-state index in [0.717, 1.165) is 23.7 Å². The first-order valence-electron chi connectivity index (χ1n) is 7.61. The van der Waals surface area contributed by atoms with Crippen molar-refractivity contribution in [1.29, 1.82) is 0 Å². The summed E-state index contributed by atoms with van der Waals surface area (Å²) in [5.74, 6) is 4.37. The molecule has 4 fully saturated rings. The molecule has 0 aromatic carbocycles. The fourth-order valence-corrected chi connectivity index (χ4v) is 4.73. The van der Waals surface area contributed by atoms with Crippen molar-refractivity contribution < 1.29 is 0 Å². The second-order valence-corrected chi connectivity index (χ2v) is 6.92. The van der Waals surface area contributed by atoms with Crippen LogP contribution in [0.15, 0.2) is 0 Å². The van der Waals surface area contributed by atoms with Gasteiger partial charge in [-0.1, -0.05) is 0 Å². The average molecular weight is 236 g/mol. The van der Waals surface area contributed by atoms with Gasteiger partial charge in [0, 0.05) is 13.1 Å². The molecule has 2 bridgehead atoms. The molecule has 0 amide bonds. The van der Waals surface area contributed by atoms with E-state index >= 15 is 0 Å². The minimum Gasteiger partial charge on any atom is -0.309 e. The number of rotatable bonds is 4. The number of hydrogen-bond acceptors (Lipinski definition) is 2. The molecule has 17 heavy (non-hydrogen) atoms. The molecule has 98 valence electrons. The average Bonchev–Trinajstić information content (AvgIpc) is 2.75. The molecular formula is C15H28N2. The highest BCUT2D eigenvalue weighted by Gasteiger charge is 2.47. The predicted octanol–water partition coefficient (Wildman–Crippen LogP) is 2.31. The van der Waals surface area contributed by atoms with Gasteiger partial charge in [0.15, 0.2) is 0 Å². The Bertz CT molecular complexity index is 236. The van der Waals surface area contributed by atoms with Crippen LogP contribution in [0, 0.1) is 23.7 Å². The topological polar surface area (TPSA) is 6.48 Å². The lowest BCUT2D eigenvalue weighted by atomic mass is 9.60. The number of likely N-dealkylation sites (tertiary alicyclic amines) is 1. The lowest BCUT2D eigenvalue weighted by molar-refractivity contribution is 0.0577. The zero-order valence-electron chi connectivity index (χ0n) is 11.6. The second kappa shape index (κ2) is 4.89. The molecule has 0 N–H and O–H groups in total. The van der Waals surface area contributed by atoms with Crippen LogP contribution in [0.3, 0.4) is 0 Å². The molecule has 0 aromatic rings. The zero-order valence-corrected chi connectivity index (χ0v) is 11.6. The van der Waals surface area contributed by atoms with E-state index in [1.54, 1.807) is 25.7 Å². The highest BCUT2D eigenvalue weighted by molar-refractivity contribution is 4.98. The first-order valence-corrected chi connectivity index (χ1v) is 7.61. The summed E-state index contributed by atoms with van der Waals surface area (Å²) in [7, 11) is 4.37. The molecule has 4 aliphatic rings. The Kier molecular flexibility index (Phi) is 3.45. The van der Waals surface area contributed by atoms with E-state index < -0.39 is 0 Å². The highest BCUT2D eigenvalue weighted by Crippen LogP contribution is 2.51. The van der Waals surface area contributed by atoms with Crippen molar-refractivity contribution in [3.8, 4) is 0 Å². The van der Waals surface area contributed by atoms with Gasteiger partial charge in [0.05, 0.1) is 0 Å². The van der Waals surface area contributed by atoms with Crippen molar-refractivity contribution in [3.05, 3.63) is 0 Å². The Morgan fingerprint density at radius 3 is 1.94 bits per heavy atom. The lowest BCUT2D eigenvalue weighted by Crippen LogP contribution is -2.38. The maximum absolute atomic E-state index is 2.77. The lowest BCUT2D eigenvalue weighted by Gasteiger charge is -2.45. The van der Waals surface area contributed by atoms with Crippen molar-refractivity contribution in [2.45, 2.75) is 32.1 Å². The molecule has 3 saturated carbocycles. The summed E-state index contributed by atoms with van der Waals surface area (Å²) in [6, 6.07) is 0. The van der Waals surface area contributed by atoms with Crippen LogP contribution in [0.25, 0.3) is 0 Å². The summed E-state index contributed by atoms with van der Waals surface area (Å²) in [6.07, 6.45) is 7.56. The van der Waals surface area contributed by atoms with Crippen LogP contribution in [-0.4, -0.2) is 50.1 Å². The molecule has 1 saturated heterocycles. The Morgan fingerprint density at radius 1 is 0.941 bits per heavy atom. The minimum atomic E-state index is 1.09. The third-order valence-electron chi connectivity index (χ3n) is 5.60. The van der Waals surface area contributed by atoms with E-state index in [0.29, 0.717) is 0 Å². The summed E-state index contributed by atoms with van der Waals surface area (Å²) in [6.45, 7) is 5.45. The fraction of sp³-hybridized carbons (Fsp3) is 1.00. The molecule has 1 heterocycles. The maximum Gasteiger partial charge on any atom is 0.00157 e. The molecule has 0 aromatic heterocycles. The summed E-state index contributed by atoms with van der Waals surface area (Å²) in [5, 5.41) is 0. The van der Waals surface area contributed by atoms with Gasteiger partial charge in [-0.3, -0.25) is 0 Å². The minimum absolute atomic E-state index is 1.09. The molecule has 0 unspecified atom stereocenters. The Hall–Kier alpha value is -0.0800. The van der Waals surface area contributed by atoms with Crippen molar-refractivity contribution in [3.63, 3.8) is 0 Å². The van der Waals surface area contributed by atoms with Crippen molar-refractivity contribution in [2.75, 3.05) is 40.3 Å². The number of nitrogens with zero attached hydrogens (tertiary/aromatic N) is 2. The van der Waals surface area contributed by atoms with E-state index in [-0.39, 0.29) is 0 Å². The van der Waals surface area contributed by atoms with Gasteiger partial charge in [0.25, 0.3) is 0 Å². The van der Waals surface area contributed by atoms with Gasteiger partial charge in [-0.2, -0.15) is 0 Å². The quantitative estimate of drug-likeness (QED) is 0.739. The number of fused-ring (bicyclic) bond motifs is 2. The molecule has 1 aliphatic heterocycles. The van der Waals surface area contributed by atoms with Gasteiger partial charge >= 0.3 is 0 Å². The van der Waals surface area contributed by atoms with Gasteiger partial charge in [-0.25, -0.2) is 0 Å². The molecule has 0 spiro atoms. The van der Waals surface area contributed by atoms with E-state index in [9.17, 15) is 0 Å². The smallest absolute Gasteiger partial charge is 0.00157 e. The molecular weight excluding hydrogens is 208 g/mol. The fourth-order valence-electron chi connectivity index (χ4n) is 4.73. The van der Waals surface area contributed by atoms with Crippen LogP contribution in [0.5, 0.6) is 0 Å². The molecule has 0 radical (unpaired) electrons. The van der Waals surface area contributed by atoms with Crippen molar-refractivity contribution in [2.24, 2.45) is 23.7 Å². The van der Waals surface area contributed by atoms with Crippen LogP contribution >= 0.6 is 0 Å². The third kappa shape index (κ3) is 2.39. The Labute approximate surface area is 106 Å². The van der Waals surface area contributed by atoms with Crippen LogP contribution in [0.4, 0.5) is 0 Å². The monoisotopic (exact) mass is 236 g/mol. The third-order valence-corrected chi connectivity index (χ3v) is 5.60. The molecule has 4 rings (SSSR count). The van der Waals surface area contributed by atoms with Crippen LogP contribution in [0.1, 0.15) is 32.1 Å².